The summed E-state index contributed by atoms with van der Waals surface area (Å²) < 4.78 is 36.9. The minimum Gasteiger partial charge on any atom is -0.508 e. The Hall–Kier alpha value is -6.45. The Bertz CT molecular complexity index is 3240. The lowest BCUT2D eigenvalue weighted by Crippen LogP contribution is -2.35. The number of cyclic esters (lactones) is 1. The van der Waals surface area contributed by atoms with Crippen molar-refractivity contribution in [3.05, 3.63) is 115 Å². The van der Waals surface area contributed by atoms with Crippen LogP contribution in [0.25, 0.3) is 44.7 Å². The minimum atomic E-state index is -1.48. The molecule has 3 aromatic heterocycles. The third-order valence-electron chi connectivity index (χ3n) is 13.8. The highest BCUT2D eigenvalue weighted by Crippen LogP contribution is 2.45. The second-order valence-corrected chi connectivity index (χ2v) is 23.3. The van der Waals surface area contributed by atoms with Crippen LogP contribution in [0.15, 0.2) is 57.8 Å². The molecule has 0 bridgehead atoms. The van der Waals surface area contributed by atoms with Gasteiger partial charge in [-0.15, -0.1) is 0 Å². The molecular weight excluding hydrogens is 1040 g/mol. The summed E-state index contributed by atoms with van der Waals surface area (Å²) in [6.45, 7) is 24.2. The Morgan fingerprint density at radius 2 is 1.65 bits per heavy atom. The predicted octanol–water partition coefficient (Wildman–Crippen LogP) is 10.3. The molecule has 6 aromatic rings. The van der Waals surface area contributed by atoms with Gasteiger partial charge in [0.25, 0.3) is 11.5 Å². The summed E-state index contributed by atoms with van der Waals surface area (Å²) in [7, 11) is 3.09. The number of aromatic hydroxyl groups is 2. The number of nitrogens with two attached hydrogens (primary N) is 1. The molecule has 3 aliphatic heterocycles. The third kappa shape index (κ3) is 12.7. The first kappa shape index (κ1) is 59.2. The molecule has 418 valence electrons. The number of amides is 2. The summed E-state index contributed by atoms with van der Waals surface area (Å²) >= 11 is 0. The number of fused-ring (bicyclic) bond motifs is 5. The van der Waals surface area contributed by atoms with Gasteiger partial charge in [-0.3, -0.25) is 14.5 Å². The topological polar surface area (TPSA) is 242 Å². The monoisotopic (exact) mass is 1110 g/mol. The summed E-state index contributed by atoms with van der Waals surface area (Å²) in [6, 6.07) is 14.0. The number of phenolic OH excluding ortho intramolecular Hbond substituents is 2. The van der Waals surface area contributed by atoms with Crippen molar-refractivity contribution in [2.75, 3.05) is 39.5 Å². The minimum absolute atomic E-state index is 0.0100. The number of aliphatic hydroxyl groups excluding tert-OH is 1. The van der Waals surface area contributed by atoms with Crippen molar-refractivity contribution in [2.24, 2.45) is 5.73 Å². The number of morpholine rings is 1. The number of esters is 1. The number of nitrogens with one attached hydrogen (secondary N) is 1. The zero-order chi connectivity index (χ0) is 56.7. The van der Waals surface area contributed by atoms with E-state index in [0.29, 0.717) is 76.6 Å². The Morgan fingerprint density at radius 3 is 2.33 bits per heavy atom. The zero-order valence-electron chi connectivity index (χ0n) is 46.0. The van der Waals surface area contributed by atoms with Crippen LogP contribution in [0.2, 0.25) is 0 Å². The van der Waals surface area contributed by atoms with E-state index in [1.807, 2.05) is 86.6 Å². The van der Waals surface area contributed by atoms with Crippen LogP contribution in [0, 0.1) is 12.7 Å². The van der Waals surface area contributed by atoms with Crippen LogP contribution < -0.4 is 16.6 Å². The Kier molecular flexibility index (Phi) is 19.4. The zero-order valence-corrected chi connectivity index (χ0v) is 47.6. The van der Waals surface area contributed by atoms with E-state index < -0.39 is 24.1 Å². The summed E-state index contributed by atoms with van der Waals surface area (Å²) in [5.74, 6) is -1.46. The average Bonchev–Trinajstić information content (AvgIpc) is 4.17. The lowest BCUT2D eigenvalue weighted by molar-refractivity contribution is -0.157. The van der Waals surface area contributed by atoms with Crippen LogP contribution in [0.4, 0.5) is 9.18 Å². The van der Waals surface area contributed by atoms with Gasteiger partial charge in [0.15, 0.2) is 17.6 Å². The third-order valence-corrected chi connectivity index (χ3v) is 17.5. The Morgan fingerprint density at radius 1 is 0.962 bits per heavy atom. The van der Waals surface area contributed by atoms with Crippen molar-refractivity contribution in [3.63, 3.8) is 0 Å². The van der Waals surface area contributed by atoms with Crippen molar-refractivity contribution in [3.8, 4) is 45.3 Å². The van der Waals surface area contributed by atoms with E-state index in [9.17, 15) is 38.9 Å². The van der Waals surface area contributed by atoms with Crippen LogP contribution in [0.3, 0.4) is 0 Å². The highest BCUT2D eigenvalue weighted by Gasteiger charge is 2.36. The number of pyridine rings is 2. The number of aliphatic hydroxyl groups is 1. The largest absolute Gasteiger partial charge is 0.508 e. The smallest absolute Gasteiger partial charge is 0.404 e. The number of phenols is 2. The summed E-state index contributed by atoms with van der Waals surface area (Å²) in [5, 5.41) is 39.7. The van der Waals surface area contributed by atoms with Gasteiger partial charge in [0.05, 0.1) is 58.1 Å². The number of hydrogen-bond donors (Lipinski definition) is 5. The fourth-order valence-electron chi connectivity index (χ4n) is 9.83. The highest BCUT2D eigenvalue weighted by molar-refractivity contribution is 8.77. The quantitative estimate of drug-likeness (QED) is 0.0533. The molecule has 2 atom stereocenters. The molecule has 0 spiro atoms. The van der Waals surface area contributed by atoms with Crippen LogP contribution in [0.1, 0.15) is 136 Å². The maximum atomic E-state index is 14.5. The van der Waals surface area contributed by atoms with Crippen LogP contribution in [-0.4, -0.2) is 102 Å². The SMILES string of the molecule is CC.CC.CC(CNC(=O)c1noc(-c2cc(C(C)C)c(O)cc2O)c1-c1ccc(CN2CCOCC2)cc1)SSC(C)(C)COC(N)=O.Cc1c(F)cc2nc3c(c4c2c1CCC4)Cn1c-3cc2c(c1=O)COC(=O)C2O. The van der Waals surface area contributed by atoms with Gasteiger partial charge in [-0.1, -0.05) is 99.5 Å². The normalized spacial score (nSPS) is 15.8. The number of hydrogen-bond acceptors (Lipinski definition) is 16. The number of primary amides is 1. The molecule has 4 aliphatic rings. The number of aryl methyl sites for hydroxylation is 2. The predicted molar refractivity (Wildman–Crippen MR) is 302 cm³/mol. The summed E-state index contributed by atoms with van der Waals surface area (Å²) in [5.41, 5.74) is 14.3. The van der Waals surface area contributed by atoms with Gasteiger partial charge in [-0.05, 0) is 91.5 Å². The molecule has 1 saturated heterocycles. The maximum absolute atomic E-state index is 14.5. The number of carbonyl (C=O) groups is 3. The molecular formula is C58H71FN6O11S2. The van der Waals surface area contributed by atoms with Gasteiger partial charge < -0.3 is 49.7 Å². The van der Waals surface area contributed by atoms with Crippen LogP contribution in [-0.2, 0) is 51.5 Å². The Balaban J connectivity index is 0.000000228. The molecule has 2 amide bonds. The van der Waals surface area contributed by atoms with Crippen LogP contribution in [0.5, 0.6) is 11.5 Å². The number of benzene rings is 3. The van der Waals surface area contributed by atoms with Crippen molar-refractivity contribution >= 4 is 50.5 Å². The van der Waals surface area contributed by atoms with E-state index in [-0.39, 0.29) is 69.0 Å². The number of ether oxygens (including phenoxy) is 3. The van der Waals surface area contributed by atoms with Crippen molar-refractivity contribution in [1.82, 2.24) is 24.9 Å². The van der Waals surface area contributed by atoms with Gasteiger partial charge in [-0.2, -0.15) is 0 Å². The average molecular weight is 1110 g/mol. The van der Waals surface area contributed by atoms with E-state index in [2.05, 4.69) is 15.4 Å². The second kappa shape index (κ2) is 25.6. The molecule has 2 unspecified atom stereocenters. The second-order valence-electron chi connectivity index (χ2n) is 20.0. The molecule has 0 radical (unpaired) electrons. The first-order chi connectivity index (χ1) is 37.3. The molecule has 10 rings (SSSR count). The van der Waals surface area contributed by atoms with E-state index in [4.69, 9.17) is 29.5 Å². The fraction of sp³-hybridized carbons (Fsp3) is 0.448. The van der Waals surface area contributed by atoms with Crippen LogP contribution >= 0.6 is 21.6 Å². The Labute approximate surface area is 461 Å². The van der Waals surface area contributed by atoms with E-state index in [1.54, 1.807) is 34.4 Å². The van der Waals surface area contributed by atoms with Crippen molar-refractivity contribution in [1.29, 1.82) is 0 Å². The molecule has 17 nitrogen and oxygen atoms in total. The standard InChI is InChI=1S/C32H42N4O7S2.C22H17FN2O4.2C2H6/c1-19(2)23-14-24(26(38)15-25(23)37)29-27(22-8-6-21(7-9-22)17-36-10-12-41-13-11-36)28(35-43-29)30(39)34-16-20(3)44-45-32(4,5)18-42-31(33)40;1-9-10-3-2-4-11-13-7-25-17(19(13)24-16(18(10)11)6-15(9)23)5-12-14(21(25)27)8-29-22(28)20(12)26;2*1-2/h6-9,14-15,19-20,37-38H,10-13,16-18H2,1-5H3,(H2,33,40)(H,34,39);5-6,20,26H,2-4,7-8H2,1H3;2*1-2H3. The first-order valence-corrected chi connectivity index (χ1v) is 28.8. The lowest BCUT2D eigenvalue weighted by Gasteiger charge is -2.26. The molecule has 3 aromatic carbocycles. The maximum Gasteiger partial charge on any atom is 0.404 e. The molecule has 6 heterocycles. The molecule has 0 saturated carbocycles. The molecule has 6 N–H and O–H groups in total. The number of nitrogens with zero attached hydrogens (tertiary/aromatic N) is 4. The first-order valence-electron chi connectivity index (χ1n) is 26.6. The number of halogens is 1. The molecule has 1 aliphatic carbocycles. The number of aromatic nitrogens is 3. The van der Waals surface area contributed by atoms with Gasteiger partial charge in [0.1, 0.15) is 30.5 Å². The van der Waals surface area contributed by atoms with E-state index in [0.717, 1.165) is 66.5 Å². The number of rotatable bonds is 13. The fourth-order valence-corrected chi connectivity index (χ4v) is 12.1. The van der Waals surface area contributed by atoms with Crippen molar-refractivity contribution in [2.45, 2.75) is 130 Å². The summed E-state index contributed by atoms with van der Waals surface area (Å²) in [6.07, 6.45) is 0.300. The van der Waals surface area contributed by atoms with Crippen molar-refractivity contribution < 1.29 is 52.8 Å². The van der Waals surface area contributed by atoms with Gasteiger partial charge in [0, 0.05) is 60.1 Å². The van der Waals surface area contributed by atoms with Gasteiger partial charge >= 0.3 is 12.1 Å². The van der Waals surface area contributed by atoms with E-state index >= 15 is 0 Å². The molecule has 20 heteroatoms. The summed E-state index contributed by atoms with van der Waals surface area (Å²) in [4.78, 5) is 56.5. The lowest BCUT2D eigenvalue weighted by atomic mass is 9.85. The number of carbonyl (C=O) groups excluding carboxylic acids is 3. The van der Waals surface area contributed by atoms with Gasteiger partial charge in [-0.25, -0.2) is 19.0 Å². The highest BCUT2D eigenvalue weighted by atomic mass is 33.1. The van der Waals surface area contributed by atoms with Gasteiger partial charge in [0.2, 0.25) is 0 Å². The van der Waals surface area contributed by atoms with E-state index in [1.165, 1.54) is 22.9 Å². The molecule has 1 fully saturated rings. The molecule has 78 heavy (non-hydrogen) atoms.